The van der Waals surface area contributed by atoms with Crippen molar-refractivity contribution in [2.75, 3.05) is 6.61 Å². The molecule has 0 spiro atoms. The summed E-state index contributed by atoms with van der Waals surface area (Å²) >= 11 is 0. The quantitative estimate of drug-likeness (QED) is 0.360. The van der Waals surface area contributed by atoms with Crippen molar-refractivity contribution in [3.8, 4) is 0 Å². The first-order chi connectivity index (χ1) is 16.9. The first-order valence-corrected chi connectivity index (χ1v) is 13.0. The summed E-state index contributed by atoms with van der Waals surface area (Å²) < 4.78 is 0. The normalized spacial score (nSPS) is 22.2. The molecule has 0 radical (unpaired) electrons. The average molecular weight is 485 g/mol. The molecule has 0 bridgehead atoms. The van der Waals surface area contributed by atoms with Gasteiger partial charge in [-0.2, -0.15) is 10.1 Å². The lowest BCUT2D eigenvalue weighted by Gasteiger charge is -2.43. The van der Waals surface area contributed by atoms with E-state index in [1.807, 2.05) is 6.07 Å². The van der Waals surface area contributed by atoms with Crippen LogP contribution in [0.4, 0.5) is 0 Å². The molecule has 36 heavy (non-hydrogen) atoms. The molecule has 0 N–H and O–H groups in total. The predicted molar refractivity (Wildman–Crippen MR) is 145 cm³/mol. The summed E-state index contributed by atoms with van der Waals surface area (Å²) in [5.74, 6) is 0. The summed E-state index contributed by atoms with van der Waals surface area (Å²) in [6.07, 6.45) is -0.269. The van der Waals surface area contributed by atoms with Crippen LogP contribution in [0.2, 0.25) is 0 Å². The molecule has 0 aromatic heterocycles. The molecule has 4 nitrogen and oxygen atoms in total. The summed E-state index contributed by atoms with van der Waals surface area (Å²) in [5, 5.41) is 4.35. The number of hydrogen-bond acceptors (Lipinski definition) is 4. The van der Waals surface area contributed by atoms with Crippen LogP contribution in [0, 0.1) is 0 Å². The number of nitrogens with zero attached hydrogens (tertiary/aromatic N) is 2. The Bertz CT molecular complexity index is 1180. The van der Waals surface area contributed by atoms with Gasteiger partial charge in [0.25, 0.3) is 0 Å². The van der Waals surface area contributed by atoms with Crippen molar-refractivity contribution in [3.63, 3.8) is 0 Å². The number of rotatable bonds is 6. The van der Waals surface area contributed by atoms with Crippen LogP contribution in [-0.2, 0) is 31.8 Å². The maximum Gasteiger partial charge on any atom is 0.130 e. The second-order valence-corrected chi connectivity index (χ2v) is 12.2. The van der Waals surface area contributed by atoms with Gasteiger partial charge in [-0.25, -0.2) is 0 Å². The van der Waals surface area contributed by atoms with Gasteiger partial charge in [-0.05, 0) is 83.2 Å². The Labute approximate surface area is 216 Å². The van der Waals surface area contributed by atoms with Crippen LogP contribution in [-0.4, -0.2) is 16.7 Å². The van der Waals surface area contributed by atoms with Crippen molar-refractivity contribution in [1.29, 1.82) is 0 Å². The fraction of sp³-hybridized carbons (Fsp3) is 0.438. The minimum absolute atomic E-state index is 0.260. The van der Waals surface area contributed by atoms with Crippen LogP contribution in [0.25, 0.3) is 0 Å². The number of fused-ring (bicyclic) bond motifs is 2. The van der Waals surface area contributed by atoms with E-state index in [9.17, 15) is 0 Å². The highest BCUT2D eigenvalue weighted by Gasteiger charge is 2.52. The monoisotopic (exact) mass is 484 g/mol. The molecule has 190 valence electrons. The van der Waals surface area contributed by atoms with Gasteiger partial charge in [0, 0.05) is 0 Å². The maximum atomic E-state index is 6.97. The van der Waals surface area contributed by atoms with Gasteiger partial charge in [0.15, 0.2) is 0 Å². The minimum atomic E-state index is -0.282. The third-order valence-corrected chi connectivity index (χ3v) is 8.28. The van der Waals surface area contributed by atoms with Gasteiger partial charge in [-0.15, -0.1) is 0 Å². The summed E-state index contributed by atoms with van der Waals surface area (Å²) in [7, 11) is 0. The highest BCUT2D eigenvalue weighted by molar-refractivity contribution is 5.43. The fourth-order valence-electron chi connectivity index (χ4n) is 6.65. The third kappa shape index (κ3) is 3.74. The Morgan fingerprint density at radius 3 is 1.31 bits per heavy atom. The van der Waals surface area contributed by atoms with Gasteiger partial charge >= 0.3 is 0 Å². The van der Waals surface area contributed by atoms with Crippen LogP contribution < -0.4 is 0 Å². The summed E-state index contributed by atoms with van der Waals surface area (Å²) in [5.41, 5.74) is 5.25. The molecule has 0 fully saturated rings. The van der Waals surface area contributed by atoms with Gasteiger partial charge in [-0.3, -0.25) is 9.68 Å². The van der Waals surface area contributed by atoms with E-state index in [2.05, 4.69) is 138 Å². The lowest BCUT2D eigenvalue weighted by Crippen LogP contribution is -2.48. The smallest absolute Gasteiger partial charge is 0.130 e. The molecule has 3 aromatic rings. The lowest BCUT2D eigenvalue weighted by atomic mass is 9.91. The topological polar surface area (TPSA) is 24.9 Å². The molecule has 1 unspecified atom stereocenters. The van der Waals surface area contributed by atoms with Crippen molar-refractivity contribution < 1.29 is 9.68 Å². The zero-order valence-electron chi connectivity index (χ0n) is 23.0. The predicted octanol–water partition coefficient (Wildman–Crippen LogP) is 7.56. The lowest BCUT2D eigenvalue weighted by molar-refractivity contribution is -0.328. The standard InChI is InChI=1S/C32H40N2O2/c1-29(2)24-18-12-13-19-25(24)30(3,4)33(29)35-22-28(23-16-10-9-11-17-23)36-34-31(5,6)26-20-14-15-21-27(26)32(34,7)8/h9-21,28H,22H2,1-8H3. The number of benzene rings is 3. The molecule has 0 amide bonds. The van der Waals surface area contributed by atoms with Gasteiger partial charge in [0.05, 0.1) is 22.2 Å². The van der Waals surface area contributed by atoms with Crippen LogP contribution in [0.5, 0.6) is 0 Å². The van der Waals surface area contributed by atoms with Crippen LogP contribution >= 0.6 is 0 Å². The zero-order chi connectivity index (χ0) is 25.9. The average Bonchev–Trinajstić information content (AvgIpc) is 3.10. The van der Waals surface area contributed by atoms with E-state index in [0.717, 1.165) is 5.56 Å². The summed E-state index contributed by atoms with van der Waals surface area (Å²) in [6.45, 7) is 18.3. The molecule has 2 aliphatic heterocycles. The molecule has 4 heteroatoms. The Kier molecular flexibility index (Phi) is 5.96. The van der Waals surface area contributed by atoms with Crippen LogP contribution in [0.15, 0.2) is 78.9 Å². The molecule has 0 saturated carbocycles. The van der Waals surface area contributed by atoms with E-state index in [0.29, 0.717) is 6.61 Å². The second-order valence-electron chi connectivity index (χ2n) is 12.2. The Hall–Kier alpha value is -2.50. The van der Waals surface area contributed by atoms with E-state index in [-0.39, 0.29) is 28.3 Å². The first-order valence-electron chi connectivity index (χ1n) is 13.0. The van der Waals surface area contributed by atoms with Gasteiger partial charge in [0.2, 0.25) is 0 Å². The number of hydroxylamine groups is 4. The molecule has 3 aromatic carbocycles. The van der Waals surface area contributed by atoms with Crippen molar-refractivity contribution in [2.24, 2.45) is 0 Å². The van der Waals surface area contributed by atoms with Gasteiger partial charge < -0.3 is 0 Å². The molecule has 2 heterocycles. The van der Waals surface area contributed by atoms with Gasteiger partial charge in [0.1, 0.15) is 12.7 Å². The van der Waals surface area contributed by atoms with Gasteiger partial charge in [-0.1, -0.05) is 78.9 Å². The Morgan fingerprint density at radius 1 is 0.528 bits per heavy atom. The van der Waals surface area contributed by atoms with E-state index in [1.54, 1.807) is 0 Å². The molecule has 5 rings (SSSR count). The fourth-order valence-corrected chi connectivity index (χ4v) is 6.65. The van der Waals surface area contributed by atoms with Crippen molar-refractivity contribution in [1.82, 2.24) is 10.1 Å². The highest BCUT2D eigenvalue weighted by atomic mass is 16.7. The van der Waals surface area contributed by atoms with E-state index in [1.165, 1.54) is 22.3 Å². The highest BCUT2D eigenvalue weighted by Crippen LogP contribution is 2.52. The van der Waals surface area contributed by atoms with Crippen molar-refractivity contribution in [2.45, 2.75) is 83.6 Å². The molecule has 0 saturated heterocycles. The first kappa shape index (κ1) is 25.2. The Morgan fingerprint density at radius 2 is 0.889 bits per heavy atom. The molecular weight excluding hydrogens is 444 g/mol. The Balaban J connectivity index is 1.46. The zero-order valence-corrected chi connectivity index (χ0v) is 23.0. The van der Waals surface area contributed by atoms with Crippen LogP contribution in [0.1, 0.15) is 89.3 Å². The molecular formula is C32H40N2O2. The molecule has 2 aliphatic rings. The van der Waals surface area contributed by atoms with Crippen molar-refractivity contribution >= 4 is 0 Å². The largest absolute Gasteiger partial charge is 0.294 e. The van der Waals surface area contributed by atoms with Crippen molar-refractivity contribution in [3.05, 3.63) is 107 Å². The minimum Gasteiger partial charge on any atom is -0.294 e. The third-order valence-electron chi connectivity index (χ3n) is 8.28. The van der Waals surface area contributed by atoms with E-state index < -0.39 is 0 Å². The SMILES string of the molecule is CC1(C)c2ccccc2C(C)(C)N1OCC(ON1C(C)(C)c2ccccc2C1(C)C)c1ccccc1. The van der Waals surface area contributed by atoms with E-state index in [4.69, 9.17) is 9.68 Å². The van der Waals surface area contributed by atoms with Crippen LogP contribution in [0.3, 0.4) is 0 Å². The second kappa shape index (κ2) is 8.53. The van der Waals surface area contributed by atoms with E-state index >= 15 is 0 Å². The molecule has 0 aliphatic carbocycles. The number of hydrogen-bond donors (Lipinski definition) is 0. The maximum absolute atomic E-state index is 6.97. The molecule has 1 atom stereocenters. The summed E-state index contributed by atoms with van der Waals surface area (Å²) in [4.78, 5) is 13.7. The summed E-state index contributed by atoms with van der Waals surface area (Å²) in [6, 6.07) is 27.8.